The predicted octanol–water partition coefficient (Wildman–Crippen LogP) is 2.35. The molecule has 7 nitrogen and oxygen atoms in total. The van der Waals surface area contributed by atoms with Gasteiger partial charge in [0.15, 0.2) is 0 Å². The Hall–Kier alpha value is -2.90. The molecule has 1 fully saturated rings. The average molecular weight is 412 g/mol. The molecule has 3 rings (SSSR count). The molecule has 1 amide bonds. The number of phenols is 1. The van der Waals surface area contributed by atoms with Gasteiger partial charge in [0, 0.05) is 37.4 Å². The van der Waals surface area contributed by atoms with Crippen LogP contribution in [0.1, 0.15) is 22.8 Å². The second-order valence-electron chi connectivity index (χ2n) is 7.46. The van der Waals surface area contributed by atoms with Crippen LogP contribution in [0.2, 0.25) is 0 Å². The Morgan fingerprint density at radius 2 is 1.70 bits per heavy atom. The number of para-hydroxylation sites is 1. The van der Waals surface area contributed by atoms with Crippen LogP contribution < -0.4 is 4.90 Å². The lowest BCUT2D eigenvalue weighted by Crippen LogP contribution is -2.48. The summed E-state index contributed by atoms with van der Waals surface area (Å²) in [5, 5.41) is 10.2. The van der Waals surface area contributed by atoms with Crippen molar-refractivity contribution in [3.05, 3.63) is 59.7 Å². The van der Waals surface area contributed by atoms with E-state index in [2.05, 4.69) is 16.8 Å². The number of carbonyl (C=O) groups excluding carboxylic acids is 2. The summed E-state index contributed by atoms with van der Waals surface area (Å²) in [5.41, 5.74) is 1.78. The quantitative estimate of drug-likeness (QED) is 0.705. The number of anilines is 1. The smallest absolute Gasteiger partial charge is 0.338 e. The lowest BCUT2D eigenvalue weighted by Gasteiger charge is -2.33. The van der Waals surface area contributed by atoms with Crippen LogP contribution in [0, 0.1) is 0 Å². The van der Waals surface area contributed by atoms with Crippen LogP contribution in [0.15, 0.2) is 48.5 Å². The molecule has 1 aliphatic heterocycles. The van der Waals surface area contributed by atoms with Gasteiger partial charge < -0.3 is 19.6 Å². The Labute approximate surface area is 177 Å². The number of aromatic hydroxyl groups is 1. The third-order valence-electron chi connectivity index (χ3n) is 5.27. The first-order valence-electron chi connectivity index (χ1n) is 10.2. The summed E-state index contributed by atoms with van der Waals surface area (Å²) in [6.45, 7) is 6.17. The number of likely N-dealkylation sites (N-methyl/N-ethyl adjacent to an activating group) is 1. The standard InChI is InChI=1S/C23H29N3O4/c1-3-30-23(29)18-8-10-20(11-9-18)26(16-19-6-4-5-7-21(19)27)22(28)17-25-14-12-24(2)13-15-25/h4-11,27H,3,12-17H2,1-2H3. The van der Waals surface area contributed by atoms with Gasteiger partial charge in [-0.3, -0.25) is 9.69 Å². The maximum atomic E-state index is 13.2. The zero-order valence-corrected chi connectivity index (χ0v) is 17.6. The van der Waals surface area contributed by atoms with E-state index in [1.54, 1.807) is 54.3 Å². The minimum absolute atomic E-state index is 0.0494. The zero-order valence-electron chi connectivity index (χ0n) is 17.6. The predicted molar refractivity (Wildman–Crippen MR) is 116 cm³/mol. The Morgan fingerprint density at radius 1 is 1.03 bits per heavy atom. The third kappa shape index (κ3) is 5.58. The number of carbonyl (C=O) groups is 2. The molecule has 0 saturated carbocycles. The first kappa shape index (κ1) is 21.8. The summed E-state index contributed by atoms with van der Waals surface area (Å²) in [7, 11) is 2.08. The molecule has 7 heteroatoms. The molecule has 1 heterocycles. The van der Waals surface area contributed by atoms with Crippen LogP contribution in [0.25, 0.3) is 0 Å². The number of esters is 1. The van der Waals surface area contributed by atoms with Gasteiger partial charge >= 0.3 is 5.97 Å². The number of nitrogens with zero attached hydrogens (tertiary/aromatic N) is 3. The highest BCUT2D eigenvalue weighted by Crippen LogP contribution is 2.23. The summed E-state index contributed by atoms with van der Waals surface area (Å²) in [4.78, 5) is 31.2. The highest BCUT2D eigenvalue weighted by molar-refractivity contribution is 5.96. The first-order valence-corrected chi connectivity index (χ1v) is 10.2. The normalized spacial score (nSPS) is 15.0. The number of piperazine rings is 1. The molecule has 2 aromatic carbocycles. The van der Waals surface area contributed by atoms with Crippen LogP contribution in [0.5, 0.6) is 5.75 Å². The van der Waals surface area contributed by atoms with Crippen molar-refractivity contribution < 1.29 is 19.4 Å². The van der Waals surface area contributed by atoms with Crippen molar-refractivity contribution in [2.45, 2.75) is 13.5 Å². The molecule has 0 unspecified atom stereocenters. The molecule has 0 aliphatic carbocycles. The largest absolute Gasteiger partial charge is 0.508 e. The van der Waals surface area contributed by atoms with Gasteiger partial charge in [-0.25, -0.2) is 4.79 Å². The topological polar surface area (TPSA) is 73.3 Å². The van der Waals surface area contributed by atoms with Crippen molar-refractivity contribution in [1.29, 1.82) is 0 Å². The molecular formula is C23H29N3O4. The summed E-state index contributed by atoms with van der Waals surface area (Å²) in [5.74, 6) is -0.287. The van der Waals surface area contributed by atoms with Crippen molar-refractivity contribution >= 4 is 17.6 Å². The van der Waals surface area contributed by atoms with Crippen LogP contribution in [-0.2, 0) is 16.1 Å². The van der Waals surface area contributed by atoms with E-state index < -0.39 is 0 Å². The average Bonchev–Trinajstić information content (AvgIpc) is 2.75. The molecule has 0 spiro atoms. The SMILES string of the molecule is CCOC(=O)c1ccc(N(Cc2ccccc2O)C(=O)CN2CCN(C)CC2)cc1. The van der Waals surface area contributed by atoms with E-state index in [1.807, 2.05) is 6.07 Å². The van der Waals surface area contributed by atoms with E-state index >= 15 is 0 Å². The van der Waals surface area contributed by atoms with Gasteiger partial charge in [0.25, 0.3) is 0 Å². The van der Waals surface area contributed by atoms with Crippen LogP contribution in [0.3, 0.4) is 0 Å². The minimum Gasteiger partial charge on any atom is -0.508 e. The third-order valence-corrected chi connectivity index (χ3v) is 5.27. The van der Waals surface area contributed by atoms with Gasteiger partial charge in [-0.05, 0) is 44.3 Å². The Kier molecular flexibility index (Phi) is 7.43. The van der Waals surface area contributed by atoms with Crippen molar-refractivity contribution in [3.8, 4) is 5.75 Å². The van der Waals surface area contributed by atoms with Gasteiger partial charge in [-0.1, -0.05) is 18.2 Å². The van der Waals surface area contributed by atoms with Gasteiger partial charge in [0.1, 0.15) is 5.75 Å². The number of amides is 1. The van der Waals surface area contributed by atoms with Gasteiger partial charge in [0.05, 0.1) is 25.3 Å². The second-order valence-corrected chi connectivity index (χ2v) is 7.46. The van der Waals surface area contributed by atoms with E-state index in [1.165, 1.54) is 0 Å². The molecule has 1 N–H and O–H groups in total. The molecule has 160 valence electrons. The van der Waals surface area contributed by atoms with Crippen LogP contribution >= 0.6 is 0 Å². The van der Waals surface area contributed by atoms with Crippen LogP contribution in [0.4, 0.5) is 5.69 Å². The lowest BCUT2D eigenvalue weighted by atomic mass is 10.1. The summed E-state index contributed by atoms with van der Waals surface area (Å²) in [6.07, 6.45) is 0. The lowest BCUT2D eigenvalue weighted by molar-refractivity contribution is -0.120. The molecule has 0 aromatic heterocycles. The zero-order chi connectivity index (χ0) is 21.5. The molecule has 1 saturated heterocycles. The van der Waals surface area contributed by atoms with Gasteiger partial charge in [-0.2, -0.15) is 0 Å². The number of hydrogen-bond donors (Lipinski definition) is 1. The molecule has 2 aromatic rings. The maximum Gasteiger partial charge on any atom is 0.338 e. The fourth-order valence-corrected chi connectivity index (χ4v) is 3.41. The second kappa shape index (κ2) is 10.2. The first-order chi connectivity index (χ1) is 14.5. The molecule has 30 heavy (non-hydrogen) atoms. The van der Waals surface area contributed by atoms with E-state index in [4.69, 9.17) is 4.74 Å². The van der Waals surface area contributed by atoms with E-state index in [0.717, 1.165) is 26.2 Å². The van der Waals surface area contributed by atoms with Crippen molar-refractivity contribution in [2.75, 3.05) is 51.3 Å². The molecular weight excluding hydrogens is 382 g/mol. The number of hydrogen-bond acceptors (Lipinski definition) is 6. The number of rotatable bonds is 7. The van der Waals surface area contributed by atoms with Crippen molar-refractivity contribution in [3.63, 3.8) is 0 Å². The van der Waals surface area contributed by atoms with E-state index in [0.29, 0.717) is 30.0 Å². The van der Waals surface area contributed by atoms with Crippen LogP contribution in [-0.4, -0.2) is 73.2 Å². The fourth-order valence-electron chi connectivity index (χ4n) is 3.41. The molecule has 0 radical (unpaired) electrons. The number of benzene rings is 2. The highest BCUT2D eigenvalue weighted by atomic mass is 16.5. The molecule has 0 atom stereocenters. The molecule has 1 aliphatic rings. The Balaban J connectivity index is 1.80. The summed E-state index contributed by atoms with van der Waals surface area (Å²) < 4.78 is 5.03. The van der Waals surface area contributed by atoms with Crippen molar-refractivity contribution in [2.24, 2.45) is 0 Å². The Bertz CT molecular complexity index is 861. The fraction of sp³-hybridized carbons (Fsp3) is 0.391. The van der Waals surface area contributed by atoms with E-state index in [-0.39, 0.29) is 24.2 Å². The number of ether oxygens (including phenoxy) is 1. The van der Waals surface area contributed by atoms with Gasteiger partial charge in [0.2, 0.25) is 5.91 Å². The maximum absolute atomic E-state index is 13.2. The minimum atomic E-state index is -0.389. The molecule has 0 bridgehead atoms. The highest BCUT2D eigenvalue weighted by Gasteiger charge is 2.23. The van der Waals surface area contributed by atoms with E-state index in [9.17, 15) is 14.7 Å². The summed E-state index contributed by atoms with van der Waals surface area (Å²) in [6, 6.07) is 13.8. The summed E-state index contributed by atoms with van der Waals surface area (Å²) >= 11 is 0. The number of phenolic OH excluding ortho intramolecular Hbond substituents is 1. The van der Waals surface area contributed by atoms with Gasteiger partial charge in [-0.15, -0.1) is 0 Å². The monoisotopic (exact) mass is 411 g/mol. The Morgan fingerprint density at radius 3 is 2.33 bits per heavy atom. The van der Waals surface area contributed by atoms with Crippen molar-refractivity contribution in [1.82, 2.24) is 9.80 Å².